The number of ketones is 1. The molecule has 0 heterocycles. The van der Waals surface area contributed by atoms with Gasteiger partial charge in [-0.2, -0.15) is 0 Å². The van der Waals surface area contributed by atoms with E-state index in [9.17, 15) is 14.4 Å². The van der Waals surface area contributed by atoms with E-state index in [4.69, 9.17) is 9.78 Å². The molecule has 0 N–H and O–H groups in total. The maximum Gasteiger partial charge on any atom is 0.421 e. The number of carbonyl (C=O) groups excluding carboxylic acids is 3. The van der Waals surface area contributed by atoms with Crippen LogP contribution >= 0.6 is 0 Å². The largest absolute Gasteiger partial charge is 0.421 e. The topological polar surface area (TPSA) is 69.7 Å². The van der Waals surface area contributed by atoms with Gasteiger partial charge >= 0.3 is 11.9 Å². The molecular formula is C42H78O5. The molecule has 47 heavy (non-hydrogen) atoms. The summed E-state index contributed by atoms with van der Waals surface area (Å²) in [6.45, 7) is 4.54. The molecule has 1 aliphatic carbocycles. The minimum atomic E-state index is -1.02. The summed E-state index contributed by atoms with van der Waals surface area (Å²) in [4.78, 5) is 47.4. The van der Waals surface area contributed by atoms with E-state index in [1.54, 1.807) is 0 Å². The first kappa shape index (κ1) is 43.6. The van der Waals surface area contributed by atoms with Gasteiger partial charge in [-0.05, 0) is 31.6 Å². The van der Waals surface area contributed by atoms with Gasteiger partial charge in [0.1, 0.15) is 0 Å². The Morgan fingerprint density at radius 3 is 1.23 bits per heavy atom. The fourth-order valence-corrected chi connectivity index (χ4v) is 7.41. The van der Waals surface area contributed by atoms with Crippen molar-refractivity contribution >= 4 is 17.7 Å². The third-order valence-corrected chi connectivity index (χ3v) is 10.6. The highest BCUT2D eigenvalue weighted by Gasteiger charge is 2.32. The Morgan fingerprint density at radius 1 is 0.468 bits per heavy atom. The number of hydrogen-bond donors (Lipinski definition) is 0. The fraction of sp³-hybridized carbons (Fsp3) is 0.929. The van der Waals surface area contributed by atoms with Crippen LogP contribution in [0, 0.1) is 11.8 Å². The normalized spacial score (nSPS) is 14.3. The molecule has 0 aromatic rings. The lowest BCUT2D eigenvalue weighted by Crippen LogP contribution is -2.29. The average Bonchev–Trinajstić information content (AvgIpc) is 3.09. The molecule has 0 spiro atoms. The van der Waals surface area contributed by atoms with Gasteiger partial charge in [-0.15, -0.1) is 0 Å². The summed E-state index contributed by atoms with van der Waals surface area (Å²) in [5.74, 6) is -2.00. The maximum absolute atomic E-state index is 13.0. The van der Waals surface area contributed by atoms with Crippen LogP contribution in [0.4, 0.5) is 0 Å². The molecule has 5 heteroatoms. The van der Waals surface area contributed by atoms with E-state index in [0.29, 0.717) is 12.3 Å². The Kier molecular flexibility index (Phi) is 30.7. The number of rotatable bonds is 33. The zero-order chi connectivity index (χ0) is 34.0. The molecular weight excluding hydrogens is 584 g/mol. The van der Waals surface area contributed by atoms with Crippen molar-refractivity contribution in [1.29, 1.82) is 0 Å². The predicted octanol–water partition coefficient (Wildman–Crippen LogP) is 13.5. The minimum Gasteiger partial charge on any atom is -0.287 e. The van der Waals surface area contributed by atoms with Crippen molar-refractivity contribution in [1.82, 2.24) is 0 Å². The second kappa shape index (κ2) is 33.1. The van der Waals surface area contributed by atoms with Crippen molar-refractivity contribution < 1.29 is 24.2 Å². The van der Waals surface area contributed by atoms with E-state index in [1.807, 2.05) is 0 Å². The smallest absolute Gasteiger partial charge is 0.287 e. The third kappa shape index (κ3) is 26.2. The SMILES string of the molecule is CCCCCCCCCCCCCCCCC(=O)C(=O)OOC(=O)C(CCCCCCCCCCCCCCCC)C1CCCCC1. The molecule has 0 bridgehead atoms. The van der Waals surface area contributed by atoms with Crippen LogP contribution in [0.2, 0.25) is 0 Å². The van der Waals surface area contributed by atoms with E-state index in [0.717, 1.165) is 57.8 Å². The lowest BCUT2D eigenvalue weighted by molar-refractivity contribution is -0.261. The second-order valence-electron chi connectivity index (χ2n) is 14.9. The fourth-order valence-electron chi connectivity index (χ4n) is 7.41. The maximum atomic E-state index is 13.0. The quantitative estimate of drug-likeness (QED) is 0.0303. The van der Waals surface area contributed by atoms with Crippen LogP contribution in [-0.4, -0.2) is 17.7 Å². The summed E-state index contributed by atoms with van der Waals surface area (Å²) in [5.41, 5.74) is 0. The summed E-state index contributed by atoms with van der Waals surface area (Å²) in [6, 6.07) is 0. The van der Waals surface area contributed by atoms with Gasteiger partial charge in [0.25, 0.3) is 0 Å². The molecule has 0 radical (unpaired) electrons. The molecule has 1 rings (SSSR count). The third-order valence-electron chi connectivity index (χ3n) is 10.6. The molecule has 1 saturated carbocycles. The molecule has 0 saturated heterocycles. The number of unbranched alkanes of at least 4 members (excludes halogenated alkanes) is 26. The summed E-state index contributed by atoms with van der Waals surface area (Å²) in [5, 5.41) is 0. The van der Waals surface area contributed by atoms with Crippen LogP contribution in [-0.2, 0) is 24.2 Å². The van der Waals surface area contributed by atoms with Gasteiger partial charge in [0.2, 0.25) is 5.78 Å². The molecule has 0 aromatic heterocycles. The van der Waals surface area contributed by atoms with Crippen LogP contribution in [0.5, 0.6) is 0 Å². The highest BCUT2D eigenvalue weighted by molar-refractivity contribution is 6.33. The van der Waals surface area contributed by atoms with Gasteiger partial charge in [-0.3, -0.25) is 4.79 Å². The van der Waals surface area contributed by atoms with Gasteiger partial charge in [0.15, 0.2) is 0 Å². The highest BCUT2D eigenvalue weighted by Crippen LogP contribution is 2.34. The van der Waals surface area contributed by atoms with E-state index in [1.165, 1.54) is 154 Å². The van der Waals surface area contributed by atoms with Crippen molar-refractivity contribution in [2.24, 2.45) is 11.8 Å². The summed E-state index contributed by atoms with van der Waals surface area (Å²) >= 11 is 0. The number of hydrogen-bond acceptors (Lipinski definition) is 5. The van der Waals surface area contributed by atoms with Gasteiger partial charge in [0, 0.05) is 6.42 Å². The Balaban J connectivity index is 2.12. The van der Waals surface area contributed by atoms with Gasteiger partial charge in [-0.25, -0.2) is 19.4 Å². The molecule has 0 aliphatic heterocycles. The molecule has 1 aliphatic rings. The van der Waals surface area contributed by atoms with E-state index in [2.05, 4.69) is 13.8 Å². The van der Waals surface area contributed by atoms with Crippen LogP contribution < -0.4 is 0 Å². The lowest BCUT2D eigenvalue weighted by Gasteiger charge is -2.28. The van der Waals surface area contributed by atoms with Crippen LogP contribution in [0.1, 0.15) is 239 Å². The van der Waals surface area contributed by atoms with Crippen molar-refractivity contribution in [3.05, 3.63) is 0 Å². The molecule has 1 fully saturated rings. The second-order valence-corrected chi connectivity index (χ2v) is 14.9. The van der Waals surface area contributed by atoms with Crippen molar-refractivity contribution in [3.8, 4) is 0 Å². The van der Waals surface area contributed by atoms with Gasteiger partial charge in [-0.1, -0.05) is 206 Å². The Bertz CT molecular complexity index is 729. The molecule has 276 valence electrons. The van der Waals surface area contributed by atoms with E-state index < -0.39 is 17.7 Å². The first-order valence-corrected chi connectivity index (χ1v) is 21.1. The van der Waals surface area contributed by atoms with Crippen molar-refractivity contribution in [2.45, 2.75) is 239 Å². The summed E-state index contributed by atoms with van der Waals surface area (Å²) in [6.07, 6.45) is 42.2. The Morgan fingerprint density at radius 2 is 0.830 bits per heavy atom. The molecule has 0 amide bonds. The van der Waals surface area contributed by atoms with E-state index in [-0.39, 0.29) is 12.3 Å². The molecule has 1 unspecified atom stereocenters. The summed E-state index contributed by atoms with van der Waals surface area (Å²) in [7, 11) is 0. The predicted molar refractivity (Wildman–Crippen MR) is 197 cm³/mol. The minimum absolute atomic E-state index is 0.166. The van der Waals surface area contributed by atoms with Crippen molar-refractivity contribution in [3.63, 3.8) is 0 Å². The lowest BCUT2D eigenvalue weighted by atomic mass is 9.78. The number of carbonyl (C=O) groups is 3. The highest BCUT2D eigenvalue weighted by atomic mass is 17.2. The summed E-state index contributed by atoms with van der Waals surface area (Å²) < 4.78 is 0. The first-order chi connectivity index (χ1) is 23.1. The van der Waals surface area contributed by atoms with E-state index >= 15 is 0 Å². The molecule has 0 aromatic carbocycles. The van der Waals surface area contributed by atoms with Gasteiger partial charge < -0.3 is 0 Å². The average molecular weight is 663 g/mol. The number of Topliss-reactive ketones (excluding diaryl/α,β-unsaturated/α-hetero) is 1. The zero-order valence-corrected chi connectivity index (χ0v) is 31.4. The standard InChI is InChI=1S/C42H78O5/c1-3-5-7-9-11-13-15-17-19-21-23-25-27-32-36-39(38-34-30-29-31-35-38)41(44)46-47-42(45)40(43)37-33-28-26-24-22-20-18-16-14-12-10-8-6-4-2/h38-39H,3-37H2,1-2H3. The molecule has 5 nitrogen and oxygen atoms in total. The monoisotopic (exact) mass is 663 g/mol. The molecule has 1 atom stereocenters. The van der Waals surface area contributed by atoms with Gasteiger partial charge in [0.05, 0.1) is 5.92 Å². The van der Waals surface area contributed by atoms with Crippen molar-refractivity contribution in [2.75, 3.05) is 0 Å². The van der Waals surface area contributed by atoms with Crippen LogP contribution in [0.3, 0.4) is 0 Å². The first-order valence-electron chi connectivity index (χ1n) is 21.1. The Hall–Kier alpha value is -1.39. The zero-order valence-electron chi connectivity index (χ0n) is 31.4. The van der Waals surface area contributed by atoms with Crippen LogP contribution in [0.15, 0.2) is 0 Å². The van der Waals surface area contributed by atoms with Crippen LogP contribution in [0.25, 0.3) is 0 Å². The Labute approximate surface area is 291 Å².